The van der Waals surface area contributed by atoms with Crippen LogP contribution in [0.2, 0.25) is 5.02 Å². The molecule has 0 spiro atoms. The Morgan fingerprint density at radius 3 is 2.27 bits per heavy atom. The number of nitriles is 1. The molecule has 0 unspecified atom stereocenters. The molecule has 2 aromatic carbocycles. The van der Waals surface area contributed by atoms with E-state index in [-0.39, 0.29) is 5.57 Å². The Kier molecular flexibility index (Phi) is 7.25. The molecule has 0 aliphatic heterocycles. The van der Waals surface area contributed by atoms with E-state index in [2.05, 4.69) is 24.1 Å². The summed E-state index contributed by atoms with van der Waals surface area (Å²) in [4.78, 5) is 14.5. The van der Waals surface area contributed by atoms with Crippen molar-refractivity contribution in [3.05, 3.63) is 70.3 Å². The van der Waals surface area contributed by atoms with Crippen LogP contribution in [0.1, 0.15) is 25.0 Å². The maximum Gasteiger partial charge on any atom is 0.262 e. The Labute approximate surface area is 159 Å². The third-order valence-corrected chi connectivity index (χ3v) is 4.32. The van der Waals surface area contributed by atoms with Crippen LogP contribution in [0.5, 0.6) is 0 Å². The lowest BCUT2D eigenvalue weighted by atomic mass is 10.1. The van der Waals surface area contributed by atoms with E-state index in [1.54, 1.807) is 18.2 Å². The van der Waals surface area contributed by atoms with Crippen molar-refractivity contribution in [2.45, 2.75) is 20.4 Å². The number of carbonyl (C=O) groups excluding carboxylic acids is 1. The van der Waals surface area contributed by atoms with Gasteiger partial charge in [-0.2, -0.15) is 5.26 Å². The summed E-state index contributed by atoms with van der Waals surface area (Å²) < 4.78 is 0. The average Bonchev–Trinajstić information content (AvgIpc) is 2.67. The highest BCUT2D eigenvalue weighted by Crippen LogP contribution is 2.17. The molecule has 2 aromatic rings. The summed E-state index contributed by atoms with van der Waals surface area (Å²) in [6, 6.07) is 17.0. The minimum absolute atomic E-state index is 0.0783. The molecule has 0 bridgehead atoms. The molecule has 0 radical (unpaired) electrons. The predicted molar refractivity (Wildman–Crippen MR) is 107 cm³/mol. The average molecular weight is 368 g/mol. The molecule has 0 aliphatic carbocycles. The van der Waals surface area contributed by atoms with E-state index in [0.29, 0.717) is 11.6 Å². The maximum atomic E-state index is 12.3. The second kappa shape index (κ2) is 9.65. The number of anilines is 1. The van der Waals surface area contributed by atoms with E-state index in [1.165, 1.54) is 0 Å². The lowest BCUT2D eigenvalue weighted by molar-refractivity contribution is -0.117. The number of nitrogens with one attached hydrogen (secondary N) is 1. The molecular weight excluding hydrogens is 346 g/mol. The summed E-state index contributed by atoms with van der Waals surface area (Å²) >= 11 is 5.84. The Bertz CT molecular complexity index is 801. The van der Waals surface area contributed by atoms with Gasteiger partial charge in [0.1, 0.15) is 11.6 Å². The summed E-state index contributed by atoms with van der Waals surface area (Å²) in [6.45, 7) is 6.42. The van der Waals surface area contributed by atoms with E-state index >= 15 is 0 Å². The highest BCUT2D eigenvalue weighted by Gasteiger charge is 2.09. The van der Waals surface area contributed by atoms with Crippen LogP contribution in [0.3, 0.4) is 0 Å². The maximum absolute atomic E-state index is 12.3. The summed E-state index contributed by atoms with van der Waals surface area (Å²) in [7, 11) is 0. The van der Waals surface area contributed by atoms with Crippen molar-refractivity contribution in [1.82, 2.24) is 5.32 Å². The molecule has 0 atom stereocenters. The number of rotatable bonds is 7. The zero-order valence-electron chi connectivity index (χ0n) is 15.0. The number of hydrogen-bond acceptors (Lipinski definition) is 3. The van der Waals surface area contributed by atoms with Crippen molar-refractivity contribution < 1.29 is 4.79 Å². The van der Waals surface area contributed by atoms with Crippen LogP contribution in [0.4, 0.5) is 5.69 Å². The van der Waals surface area contributed by atoms with Gasteiger partial charge in [0.05, 0.1) is 0 Å². The first kappa shape index (κ1) is 19.6. The van der Waals surface area contributed by atoms with Gasteiger partial charge in [-0.1, -0.05) is 35.9 Å². The normalized spacial score (nSPS) is 10.9. The van der Waals surface area contributed by atoms with Crippen molar-refractivity contribution in [1.29, 1.82) is 5.26 Å². The highest BCUT2D eigenvalue weighted by molar-refractivity contribution is 6.30. The lowest BCUT2D eigenvalue weighted by Gasteiger charge is -2.20. The van der Waals surface area contributed by atoms with E-state index in [0.717, 1.165) is 29.9 Å². The van der Waals surface area contributed by atoms with Gasteiger partial charge < -0.3 is 10.2 Å². The number of hydrogen-bond donors (Lipinski definition) is 1. The van der Waals surface area contributed by atoms with Crippen LogP contribution in [0.15, 0.2) is 54.1 Å². The molecule has 0 heterocycles. The van der Waals surface area contributed by atoms with E-state index in [1.807, 2.05) is 42.5 Å². The van der Waals surface area contributed by atoms with Crippen molar-refractivity contribution in [2.24, 2.45) is 0 Å². The molecule has 0 saturated carbocycles. The van der Waals surface area contributed by atoms with Gasteiger partial charge >= 0.3 is 0 Å². The molecule has 5 heteroatoms. The fraction of sp³-hybridized carbons (Fsp3) is 0.238. The third kappa shape index (κ3) is 5.37. The van der Waals surface area contributed by atoms with Crippen molar-refractivity contribution in [2.75, 3.05) is 18.0 Å². The third-order valence-electron chi connectivity index (χ3n) is 4.06. The summed E-state index contributed by atoms with van der Waals surface area (Å²) in [5.74, 6) is -0.393. The van der Waals surface area contributed by atoms with Gasteiger partial charge in [-0.05, 0) is 55.3 Å². The smallest absolute Gasteiger partial charge is 0.262 e. The zero-order chi connectivity index (χ0) is 18.9. The molecule has 2 rings (SSSR count). The van der Waals surface area contributed by atoms with Crippen LogP contribution in [-0.2, 0) is 11.3 Å². The molecule has 0 aliphatic rings. The Balaban J connectivity index is 2.05. The molecule has 1 N–H and O–H groups in total. The minimum Gasteiger partial charge on any atom is -0.372 e. The number of amides is 1. The van der Waals surface area contributed by atoms with Crippen LogP contribution >= 0.6 is 11.6 Å². The van der Waals surface area contributed by atoms with Crippen LogP contribution in [-0.4, -0.2) is 19.0 Å². The first-order chi connectivity index (χ1) is 12.6. The number of halogens is 1. The Morgan fingerprint density at radius 2 is 1.73 bits per heavy atom. The van der Waals surface area contributed by atoms with Gasteiger partial charge in [0.2, 0.25) is 0 Å². The topological polar surface area (TPSA) is 56.1 Å². The SMILES string of the molecule is CCN(CC)c1ccc(/C=C(/C#N)C(=O)NCc2ccc(Cl)cc2)cc1. The quantitative estimate of drug-likeness (QED) is 0.582. The summed E-state index contributed by atoms with van der Waals surface area (Å²) in [6.07, 6.45) is 1.60. The second-order valence-electron chi connectivity index (χ2n) is 5.74. The highest BCUT2D eigenvalue weighted by atomic mass is 35.5. The Morgan fingerprint density at radius 1 is 1.12 bits per heavy atom. The van der Waals surface area contributed by atoms with Crippen molar-refractivity contribution in [3.63, 3.8) is 0 Å². The molecule has 134 valence electrons. The minimum atomic E-state index is -0.393. The van der Waals surface area contributed by atoms with Crippen LogP contribution in [0, 0.1) is 11.3 Å². The largest absolute Gasteiger partial charge is 0.372 e. The zero-order valence-corrected chi connectivity index (χ0v) is 15.8. The molecule has 0 aromatic heterocycles. The van der Waals surface area contributed by atoms with Crippen LogP contribution < -0.4 is 10.2 Å². The Hall–Kier alpha value is -2.77. The van der Waals surface area contributed by atoms with Gasteiger partial charge in [0.25, 0.3) is 5.91 Å². The van der Waals surface area contributed by atoms with Crippen LogP contribution in [0.25, 0.3) is 6.08 Å². The standard InChI is InChI=1S/C21H22ClN3O/c1-3-25(4-2)20-11-7-16(8-12-20)13-18(14-23)21(26)24-15-17-5-9-19(22)10-6-17/h5-13H,3-4,15H2,1-2H3,(H,24,26)/b18-13-. The number of benzene rings is 2. The fourth-order valence-electron chi connectivity index (χ4n) is 2.57. The second-order valence-corrected chi connectivity index (χ2v) is 6.18. The van der Waals surface area contributed by atoms with E-state index in [9.17, 15) is 10.1 Å². The monoisotopic (exact) mass is 367 g/mol. The molecule has 1 amide bonds. The van der Waals surface area contributed by atoms with Gasteiger partial charge in [0, 0.05) is 30.3 Å². The number of nitrogens with zero attached hydrogens (tertiary/aromatic N) is 2. The summed E-state index contributed by atoms with van der Waals surface area (Å²) in [5.41, 5.74) is 2.94. The van der Waals surface area contributed by atoms with Gasteiger partial charge in [-0.25, -0.2) is 0 Å². The number of carbonyl (C=O) groups is 1. The molecular formula is C21H22ClN3O. The molecule has 26 heavy (non-hydrogen) atoms. The van der Waals surface area contributed by atoms with Crippen molar-refractivity contribution in [3.8, 4) is 6.07 Å². The lowest BCUT2D eigenvalue weighted by Crippen LogP contribution is -2.24. The molecule has 4 nitrogen and oxygen atoms in total. The first-order valence-electron chi connectivity index (χ1n) is 8.56. The first-order valence-corrected chi connectivity index (χ1v) is 8.94. The molecule has 0 saturated heterocycles. The fourth-order valence-corrected chi connectivity index (χ4v) is 2.69. The van der Waals surface area contributed by atoms with Gasteiger partial charge in [-0.3, -0.25) is 4.79 Å². The predicted octanol–water partition coefficient (Wildman–Crippen LogP) is 4.41. The summed E-state index contributed by atoms with van der Waals surface area (Å²) in [5, 5.41) is 12.7. The van der Waals surface area contributed by atoms with Crippen molar-refractivity contribution >= 4 is 29.3 Å². The van der Waals surface area contributed by atoms with Gasteiger partial charge in [-0.15, -0.1) is 0 Å². The van der Waals surface area contributed by atoms with E-state index < -0.39 is 5.91 Å². The molecule has 0 fully saturated rings. The van der Waals surface area contributed by atoms with Gasteiger partial charge in [0.15, 0.2) is 0 Å². The van der Waals surface area contributed by atoms with E-state index in [4.69, 9.17) is 11.6 Å².